The number of benzene rings is 1. The van der Waals surface area contributed by atoms with Gasteiger partial charge >= 0.3 is 0 Å². The van der Waals surface area contributed by atoms with Crippen molar-refractivity contribution in [1.82, 2.24) is 4.98 Å². The van der Waals surface area contributed by atoms with Crippen molar-refractivity contribution in [2.45, 2.75) is 16.8 Å². The maximum Gasteiger partial charge on any atom is 0.237 e. The summed E-state index contributed by atoms with van der Waals surface area (Å²) in [5.41, 5.74) is 0.236. The molecule has 0 radical (unpaired) electrons. The Morgan fingerprint density at radius 1 is 1.14 bits per heavy atom. The maximum absolute atomic E-state index is 12.4. The minimum Gasteiger partial charge on any atom is -0.375 e. The average Bonchev–Trinajstić information content (AvgIpc) is 2.99. The van der Waals surface area contributed by atoms with Gasteiger partial charge in [0.2, 0.25) is 15.3 Å². The van der Waals surface area contributed by atoms with Gasteiger partial charge in [0.05, 0.1) is 10.6 Å². The van der Waals surface area contributed by atoms with Gasteiger partial charge in [-0.3, -0.25) is 0 Å². The van der Waals surface area contributed by atoms with E-state index in [1.165, 1.54) is 0 Å². The average molecular weight is 323 g/mol. The molecule has 0 unspecified atom stereocenters. The first-order valence-corrected chi connectivity index (χ1v) is 8.13. The molecule has 5 nitrogen and oxygen atoms in total. The van der Waals surface area contributed by atoms with Crippen molar-refractivity contribution in [3.8, 4) is 0 Å². The molecule has 0 fully saturated rings. The van der Waals surface area contributed by atoms with E-state index in [4.69, 9.17) is 16.4 Å². The van der Waals surface area contributed by atoms with E-state index in [0.717, 1.165) is 0 Å². The van der Waals surface area contributed by atoms with Crippen molar-refractivity contribution < 1.29 is 13.3 Å². The smallest absolute Gasteiger partial charge is 0.237 e. The van der Waals surface area contributed by atoms with Crippen LogP contribution in [0.3, 0.4) is 0 Å². The molecule has 3 rings (SSSR count). The van der Waals surface area contributed by atoms with Crippen LogP contribution in [0.2, 0.25) is 5.15 Å². The monoisotopic (exact) mass is 322 g/mol. The van der Waals surface area contributed by atoms with Crippen LogP contribution in [0, 0.1) is 0 Å². The summed E-state index contributed by atoms with van der Waals surface area (Å²) in [4.78, 5) is 9.28. The van der Waals surface area contributed by atoms with Gasteiger partial charge in [0, 0.05) is 18.2 Å². The van der Waals surface area contributed by atoms with Gasteiger partial charge in [-0.2, -0.15) is 0 Å². The number of nitrogens with zero attached hydrogens (tertiary/aromatic N) is 2. The molecule has 2 aromatic rings. The van der Waals surface area contributed by atoms with E-state index in [9.17, 15) is 8.42 Å². The molecule has 21 heavy (non-hydrogen) atoms. The summed E-state index contributed by atoms with van der Waals surface area (Å²) < 4.78 is 24.9. The van der Waals surface area contributed by atoms with E-state index >= 15 is 0 Å². The molecule has 2 heterocycles. The number of oxime groups is 1. The summed E-state index contributed by atoms with van der Waals surface area (Å²) in [6.45, 7) is 0. The molecule has 0 saturated heterocycles. The molecule has 0 spiro atoms. The second kappa shape index (κ2) is 5.46. The molecule has 0 saturated carbocycles. The predicted octanol–water partition coefficient (Wildman–Crippen LogP) is 2.66. The van der Waals surface area contributed by atoms with Crippen LogP contribution in [0.25, 0.3) is 0 Å². The third kappa shape index (κ3) is 2.77. The molecule has 1 atom stereocenters. The fourth-order valence-electron chi connectivity index (χ4n) is 2.00. The summed E-state index contributed by atoms with van der Waals surface area (Å²) in [7, 11) is -3.57. The SMILES string of the molecule is O=S(=O)(c1ccccc1)[C@@H]1CC(c2ccc(Cl)nc2)=NO1. The molecule has 1 aromatic carbocycles. The topological polar surface area (TPSA) is 68.6 Å². The van der Waals surface area contributed by atoms with Crippen molar-refractivity contribution in [3.63, 3.8) is 0 Å². The van der Waals surface area contributed by atoms with Gasteiger partial charge in [-0.05, 0) is 24.3 Å². The zero-order chi connectivity index (χ0) is 14.9. The van der Waals surface area contributed by atoms with Crippen LogP contribution in [-0.4, -0.2) is 24.5 Å². The zero-order valence-electron chi connectivity index (χ0n) is 10.8. The molecule has 1 aliphatic rings. The van der Waals surface area contributed by atoms with Crippen LogP contribution in [0.1, 0.15) is 12.0 Å². The Hall–Kier alpha value is -1.92. The second-order valence-electron chi connectivity index (χ2n) is 4.50. The van der Waals surface area contributed by atoms with Gasteiger partial charge in [0.15, 0.2) is 0 Å². The molecule has 0 bridgehead atoms. The van der Waals surface area contributed by atoms with Crippen molar-refractivity contribution >= 4 is 27.1 Å². The number of aromatic nitrogens is 1. The van der Waals surface area contributed by atoms with Crippen LogP contribution < -0.4 is 0 Å². The van der Waals surface area contributed by atoms with Gasteiger partial charge < -0.3 is 4.84 Å². The minimum absolute atomic E-state index is 0.181. The lowest BCUT2D eigenvalue weighted by molar-refractivity contribution is 0.140. The number of sulfone groups is 1. The molecule has 108 valence electrons. The molecule has 0 aliphatic carbocycles. The summed E-state index contributed by atoms with van der Waals surface area (Å²) in [6, 6.07) is 11.5. The molecule has 0 N–H and O–H groups in total. The summed E-state index contributed by atoms with van der Waals surface area (Å²) in [5, 5.41) is 4.23. The highest BCUT2D eigenvalue weighted by Gasteiger charge is 2.35. The Balaban J connectivity index is 1.82. The standard InChI is InChI=1S/C14H11ClN2O3S/c15-13-7-6-10(9-16-13)12-8-14(20-17-12)21(18,19)11-4-2-1-3-5-11/h1-7,9,14H,8H2/t14-/m1/s1. The fraction of sp³-hybridized carbons (Fsp3) is 0.143. The predicted molar refractivity (Wildman–Crippen MR) is 78.9 cm³/mol. The Bertz CT molecular complexity index is 774. The van der Waals surface area contributed by atoms with Gasteiger partial charge in [0.1, 0.15) is 5.15 Å². The highest BCUT2D eigenvalue weighted by molar-refractivity contribution is 7.92. The highest BCUT2D eigenvalue weighted by atomic mass is 35.5. The van der Waals surface area contributed by atoms with Crippen LogP contribution in [0.5, 0.6) is 0 Å². The number of hydrogen-bond donors (Lipinski definition) is 0. The minimum atomic E-state index is -3.57. The first-order valence-electron chi connectivity index (χ1n) is 6.21. The highest BCUT2D eigenvalue weighted by Crippen LogP contribution is 2.25. The lowest BCUT2D eigenvalue weighted by atomic mass is 10.1. The van der Waals surface area contributed by atoms with Crippen LogP contribution in [-0.2, 0) is 14.7 Å². The largest absolute Gasteiger partial charge is 0.375 e. The lowest BCUT2D eigenvalue weighted by Gasteiger charge is -2.09. The Labute approximate surface area is 127 Å². The first kappa shape index (κ1) is 14.0. The van der Waals surface area contributed by atoms with Crippen molar-refractivity contribution in [2.24, 2.45) is 5.16 Å². The van der Waals surface area contributed by atoms with E-state index in [-0.39, 0.29) is 11.3 Å². The zero-order valence-corrected chi connectivity index (χ0v) is 12.4. The third-order valence-electron chi connectivity index (χ3n) is 3.12. The molecule has 7 heteroatoms. The van der Waals surface area contributed by atoms with Crippen molar-refractivity contribution in [2.75, 3.05) is 0 Å². The van der Waals surface area contributed by atoms with Crippen LogP contribution in [0.15, 0.2) is 58.7 Å². The Kier molecular flexibility index (Phi) is 3.65. The van der Waals surface area contributed by atoms with Gasteiger partial charge in [-0.15, -0.1) is 0 Å². The quantitative estimate of drug-likeness (QED) is 0.815. The van der Waals surface area contributed by atoms with Gasteiger partial charge in [-0.1, -0.05) is 35.0 Å². The van der Waals surface area contributed by atoms with E-state index in [0.29, 0.717) is 16.4 Å². The number of rotatable bonds is 3. The fourth-order valence-corrected chi connectivity index (χ4v) is 3.49. The van der Waals surface area contributed by atoms with E-state index in [1.54, 1.807) is 48.7 Å². The molecular weight excluding hydrogens is 312 g/mol. The Morgan fingerprint density at radius 3 is 2.57 bits per heavy atom. The van der Waals surface area contributed by atoms with Crippen LogP contribution in [0.4, 0.5) is 0 Å². The number of pyridine rings is 1. The van der Waals surface area contributed by atoms with Crippen molar-refractivity contribution in [1.29, 1.82) is 0 Å². The van der Waals surface area contributed by atoms with E-state index in [2.05, 4.69) is 10.1 Å². The molecule has 1 aliphatic heterocycles. The van der Waals surface area contributed by atoms with E-state index < -0.39 is 15.3 Å². The third-order valence-corrected chi connectivity index (χ3v) is 5.22. The summed E-state index contributed by atoms with van der Waals surface area (Å²) in [6.07, 6.45) is 1.72. The van der Waals surface area contributed by atoms with Gasteiger partial charge in [-0.25, -0.2) is 13.4 Å². The summed E-state index contributed by atoms with van der Waals surface area (Å²) >= 11 is 5.72. The lowest BCUT2D eigenvalue weighted by Crippen LogP contribution is -2.21. The molecule has 1 aromatic heterocycles. The normalized spacial score (nSPS) is 18.1. The maximum atomic E-state index is 12.4. The Morgan fingerprint density at radius 2 is 1.90 bits per heavy atom. The van der Waals surface area contributed by atoms with Crippen LogP contribution >= 0.6 is 11.6 Å². The van der Waals surface area contributed by atoms with Crippen molar-refractivity contribution in [3.05, 3.63) is 59.4 Å². The summed E-state index contributed by atoms with van der Waals surface area (Å²) in [5.74, 6) is 0. The number of halogens is 1. The van der Waals surface area contributed by atoms with Gasteiger partial charge in [0.25, 0.3) is 0 Å². The first-order chi connectivity index (χ1) is 10.1. The van der Waals surface area contributed by atoms with E-state index in [1.807, 2.05) is 0 Å². The second-order valence-corrected chi connectivity index (χ2v) is 6.98. The molecule has 0 amide bonds. The number of hydrogen-bond acceptors (Lipinski definition) is 5. The molecular formula is C14H11ClN2O3S.